The van der Waals surface area contributed by atoms with Gasteiger partial charge in [0, 0.05) is 24.7 Å². The Morgan fingerprint density at radius 1 is 1.22 bits per heavy atom. The largest absolute Gasteiger partial charge is 0.335 e. The van der Waals surface area contributed by atoms with Gasteiger partial charge < -0.3 is 4.90 Å². The molecule has 5 nitrogen and oxygen atoms in total. The fourth-order valence-electron chi connectivity index (χ4n) is 3.00. The Morgan fingerprint density at radius 2 is 2.09 bits per heavy atom. The third-order valence-electron chi connectivity index (χ3n) is 4.21. The number of nitrogens with zero attached hydrogens (tertiary/aromatic N) is 4. The van der Waals surface area contributed by atoms with Crippen LogP contribution in [0.15, 0.2) is 53.3 Å². The molecule has 1 aliphatic heterocycles. The number of benzene rings is 1. The lowest BCUT2D eigenvalue weighted by Gasteiger charge is -2.16. The van der Waals surface area contributed by atoms with Crippen molar-refractivity contribution in [3.8, 4) is 0 Å². The van der Waals surface area contributed by atoms with Crippen molar-refractivity contribution in [2.75, 3.05) is 13.1 Å². The summed E-state index contributed by atoms with van der Waals surface area (Å²) >= 11 is 3.41. The molecule has 3 aromatic rings. The summed E-state index contributed by atoms with van der Waals surface area (Å²) in [6.45, 7) is 1.40. The summed E-state index contributed by atoms with van der Waals surface area (Å²) in [5, 5.41) is 5.37. The van der Waals surface area contributed by atoms with Gasteiger partial charge in [-0.15, -0.1) is 0 Å². The van der Waals surface area contributed by atoms with E-state index in [4.69, 9.17) is 0 Å². The van der Waals surface area contributed by atoms with Crippen molar-refractivity contribution >= 4 is 32.7 Å². The van der Waals surface area contributed by atoms with Crippen LogP contribution < -0.4 is 0 Å². The van der Waals surface area contributed by atoms with Gasteiger partial charge in [-0.25, -0.2) is 4.98 Å². The quantitative estimate of drug-likeness (QED) is 0.695. The molecule has 0 spiro atoms. The maximum absolute atomic E-state index is 12.7. The second kappa shape index (κ2) is 5.77. The van der Waals surface area contributed by atoms with Crippen LogP contribution in [0.1, 0.15) is 23.0 Å². The Hall–Kier alpha value is -2.21. The molecule has 0 saturated carbocycles. The average Bonchev–Trinajstić information content (AvgIpc) is 3.22. The number of amides is 1. The summed E-state index contributed by atoms with van der Waals surface area (Å²) in [6, 6.07) is 11.8. The average molecular weight is 371 g/mol. The van der Waals surface area contributed by atoms with Crippen molar-refractivity contribution in [3.05, 3.63) is 59.0 Å². The molecule has 1 aromatic carbocycles. The van der Waals surface area contributed by atoms with E-state index >= 15 is 0 Å². The number of hydrogen-bond acceptors (Lipinski definition) is 3. The molecule has 1 fully saturated rings. The summed E-state index contributed by atoms with van der Waals surface area (Å²) in [5.41, 5.74) is 1.36. The maximum atomic E-state index is 12.7. The molecule has 1 saturated heterocycles. The van der Waals surface area contributed by atoms with E-state index in [2.05, 4.69) is 26.0 Å². The second-order valence-electron chi connectivity index (χ2n) is 5.72. The van der Waals surface area contributed by atoms with Crippen LogP contribution in [0.25, 0.3) is 10.9 Å². The molecule has 1 atom stereocenters. The van der Waals surface area contributed by atoms with Gasteiger partial charge in [-0.3, -0.25) is 9.48 Å². The molecule has 3 heterocycles. The van der Waals surface area contributed by atoms with Gasteiger partial charge in [0.2, 0.25) is 0 Å². The molecule has 0 aliphatic carbocycles. The summed E-state index contributed by atoms with van der Waals surface area (Å²) < 4.78 is 2.88. The molecule has 0 N–H and O–H groups in total. The molecule has 0 bridgehead atoms. The van der Waals surface area contributed by atoms with Crippen molar-refractivity contribution in [1.82, 2.24) is 19.7 Å². The molecule has 0 radical (unpaired) electrons. The lowest BCUT2D eigenvalue weighted by atomic mass is 10.2. The third-order valence-corrected chi connectivity index (χ3v) is 4.62. The van der Waals surface area contributed by atoms with Gasteiger partial charge in [-0.1, -0.05) is 24.3 Å². The number of carbonyl (C=O) groups is 1. The first-order chi connectivity index (χ1) is 11.2. The Kier molecular flexibility index (Phi) is 3.61. The van der Waals surface area contributed by atoms with E-state index < -0.39 is 0 Å². The van der Waals surface area contributed by atoms with Crippen molar-refractivity contribution in [1.29, 1.82) is 0 Å². The van der Waals surface area contributed by atoms with Crippen molar-refractivity contribution in [2.24, 2.45) is 0 Å². The van der Waals surface area contributed by atoms with Gasteiger partial charge in [-0.05, 0) is 34.5 Å². The number of pyridine rings is 1. The number of para-hydroxylation sites is 1. The fraction of sp³-hybridized carbons (Fsp3) is 0.235. The van der Waals surface area contributed by atoms with Crippen molar-refractivity contribution in [2.45, 2.75) is 12.5 Å². The number of likely N-dealkylation sites (tertiary alicyclic amines) is 1. The minimum absolute atomic E-state index is 0.00975. The molecule has 2 aromatic heterocycles. The molecular weight excluding hydrogens is 356 g/mol. The highest BCUT2D eigenvalue weighted by Crippen LogP contribution is 2.24. The maximum Gasteiger partial charge on any atom is 0.272 e. The van der Waals surface area contributed by atoms with Gasteiger partial charge in [0.1, 0.15) is 5.69 Å². The predicted molar refractivity (Wildman–Crippen MR) is 91.2 cm³/mol. The fourth-order valence-corrected chi connectivity index (χ4v) is 3.31. The number of fused-ring (bicyclic) bond motifs is 1. The Bertz CT molecular complexity index is 876. The predicted octanol–water partition coefficient (Wildman–Crippen LogP) is 3.28. The number of aromatic nitrogens is 3. The van der Waals surface area contributed by atoms with Gasteiger partial charge in [0.05, 0.1) is 22.2 Å². The highest BCUT2D eigenvalue weighted by molar-refractivity contribution is 9.10. The molecule has 23 heavy (non-hydrogen) atoms. The highest BCUT2D eigenvalue weighted by Gasteiger charge is 2.29. The Morgan fingerprint density at radius 3 is 2.91 bits per heavy atom. The van der Waals surface area contributed by atoms with Crippen LogP contribution in [-0.2, 0) is 0 Å². The normalized spacial score (nSPS) is 17.8. The van der Waals surface area contributed by atoms with Crippen LogP contribution >= 0.6 is 15.9 Å². The molecule has 1 amide bonds. The molecule has 1 unspecified atom stereocenters. The molecule has 1 aliphatic rings. The number of hydrogen-bond donors (Lipinski definition) is 0. The second-order valence-corrected chi connectivity index (χ2v) is 6.64. The standard InChI is InChI=1S/C17H15BrN4O/c18-13-9-19-22(10-13)14-7-8-21(11-14)17(23)16-6-5-12-3-1-2-4-15(12)20-16/h1-6,9-10,14H,7-8,11H2. The van der Waals surface area contributed by atoms with E-state index in [1.807, 2.05) is 52.2 Å². The smallest absolute Gasteiger partial charge is 0.272 e. The summed E-state index contributed by atoms with van der Waals surface area (Å²) in [6.07, 6.45) is 4.63. The van der Waals surface area contributed by atoms with Gasteiger partial charge in [0.15, 0.2) is 0 Å². The van der Waals surface area contributed by atoms with Gasteiger partial charge in [-0.2, -0.15) is 5.10 Å². The lowest BCUT2D eigenvalue weighted by molar-refractivity contribution is 0.0781. The lowest BCUT2D eigenvalue weighted by Crippen LogP contribution is -2.29. The third kappa shape index (κ3) is 2.74. The Balaban J connectivity index is 1.54. The van der Waals surface area contributed by atoms with Crippen LogP contribution in [-0.4, -0.2) is 38.7 Å². The van der Waals surface area contributed by atoms with E-state index in [-0.39, 0.29) is 11.9 Å². The number of halogens is 1. The van der Waals surface area contributed by atoms with Crippen molar-refractivity contribution < 1.29 is 4.79 Å². The summed E-state index contributed by atoms with van der Waals surface area (Å²) in [7, 11) is 0. The van der Waals surface area contributed by atoms with E-state index in [9.17, 15) is 4.79 Å². The molecule has 116 valence electrons. The van der Waals surface area contributed by atoms with E-state index in [0.717, 1.165) is 28.3 Å². The van der Waals surface area contributed by atoms with E-state index in [0.29, 0.717) is 12.2 Å². The van der Waals surface area contributed by atoms with Gasteiger partial charge in [0.25, 0.3) is 5.91 Å². The zero-order chi connectivity index (χ0) is 15.8. The van der Waals surface area contributed by atoms with E-state index in [1.165, 1.54) is 0 Å². The van der Waals surface area contributed by atoms with Crippen LogP contribution in [0.4, 0.5) is 0 Å². The first-order valence-electron chi connectivity index (χ1n) is 7.55. The number of rotatable bonds is 2. The minimum Gasteiger partial charge on any atom is -0.335 e. The topological polar surface area (TPSA) is 51.0 Å². The van der Waals surface area contributed by atoms with Crippen LogP contribution in [0.5, 0.6) is 0 Å². The first-order valence-corrected chi connectivity index (χ1v) is 8.35. The van der Waals surface area contributed by atoms with Gasteiger partial charge >= 0.3 is 0 Å². The zero-order valence-electron chi connectivity index (χ0n) is 12.4. The highest BCUT2D eigenvalue weighted by atomic mass is 79.9. The molecular formula is C17H15BrN4O. The first kappa shape index (κ1) is 14.4. The SMILES string of the molecule is O=C(c1ccc2ccccc2n1)N1CCC(n2cc(Br)cn2)C1. The monoisotopic (exact) mass is 370 g/mol. The molecule has 4 rings (SSSR count). The summed E-state index contributed by atoms with van der Waals surface area (Å²) in [4.78, 5) is 19.1. The molecule has 6 heteroatoms. The van der Waals surface area contributed by atoms with Crippen LogP contribution in [0.2, 0.25) is 0 Å². The van der Waals surface area contributed by atoms with E-state index in [1.54, 1.807) is 6.20 Å². The van der Waals surface area contributed by atoms with Crippen molar-refractivity contribution in [3.63, 3.8) is 0 Å². The Labute approximate surface area is 142 Å². The number of carbonyl (C=O) groups excluding carboxylic acids is 1. The summed E-state index contributed by atoms with van der Waals surface area (Å²) in [5.74, 6) is -0.00975. The zero-order valence-corrected chi connectivity index (χ0v) is 14.0. The van der Waals surface area contributed by atoms with Crippen LogP contribution in [0, 0.1) is 0 Å². The van der Waals surface area contributed by atoms with Crippen LogP contribution in [0.3, 0.4) is 0 Å². The minimum atomic E-state index is -0.00975.